The molecule has 2 rings (SSSR count). The minimum Gasteiger partial charge on any atom is -0.381 e. The molecular formula is C15H30N2O2. The Labute approximate surface area is 117 Å². The molecular weight excluding hydrogens is 240 g/mol. The Hall–Kier alpha value is -0.160. The first kappa shape index (κ1) is 15.2. The third-order valence-electron chi connectivity index (χ3n) is 5.26. The second-order valence-electron chi connectivity index (χ2n) is 6.75. The van der Waals surface area contributed by atoms with E-state index in [-0.39, 0.29) is 11.1 Å². The third-order valence-corrected chi connectivity index (χ3v) is 5.26. The van der Waals surface area contributed by atoms with Gasteiger partial charge in [0.05, 0.1) is 6.10 Å². The summed E-state index contributed by atoms with van der Waals surface area (Å²) in [5.74, 6) is 0. The Bertz CT molecular complexity index is 292. The highest BCUT2D eigenvalue weighted by Crippen LogP contribution is 2.29. The number of hydrogen-bond acceptors (Lipinski definition) is 4. The van der Waals surface area contributed by atoms with Gasteiger partial charge in [0.1, 0.15) is 0 Å². The van der Waals surface area contributed by atoms with Crippen LogP contribution in [0.25, 0.3) is 0 Å². The smallest absolute Gasteiger partial charge is 0.0719 e. The minimum atomic E-state index is 0.236. The summed E-state index contributed by atoms with van der Waals surface area (Å²) < 4.78 is 11.5. The van der Waals surface area contributed by atoms with Gasteiger partial charge in [0.2, 0.25) is 0 Å². The fourth-order valence-corrected chi connectivity index (χ4v) is 3.18. The van der Waals surface area contributed by atoms with E-state index in [0.29, 0.717) is 6.10 Å². The van der Waals surface area contributed by atoms with E-state index < -0.39 is 0 Å². The summed E-state index contributed by atoms with van der Waals surface area (Å²) in [5.41, 5.74) is 0.509. The van der Waals surface area contributed by atoms with E-state index in [9.17, 15) is 0 Å². The predicted octanol–water partition coefficient (Wildman–Crippen LogP) is 1.64. The molecule has 112 valence electrons. The molecule has 0 saturated carbocycles. The maximum absolute atomic E-state index is 5.97. The van der Waals surface area contributed by atoms with Gasteiger partial charge >= 0.3 is 0 Å². The van der Waals surface area contributed by atoms with E-state index in [2.05, 4.69) is 38.2 Å². The van der Waals surface area contributed by atoms with Crippen LogP contribution in [0.2, 0.25) is 0 Å². The maximum Gasteiger partial charge on any atom is 0.0719 e. The first-order chi connectivity index (χ1) is 8.97. The summed E-state index contributed by atoms with van der Waals surface area (Å²) in [6.45, 7) is 8.33. The molecule has 2 heterocycles. The number of rotatable bonds is 4. The zero-order chi connectivity index (χ0) is 13.9. The number of likely N-dealkylation sites (N-methyl/N-ethyl adjacent to an activating group) is 1. The molecule has 19 heavy (non-hydrogen) atoms. The van der Waals surface area contributed by atoms with Crippen LogP contribution in [0.3, 0.4) is 0 Å². The molecule has 4 heteroatoms. The Kier molecular flexibility index (Phi) is 4.88. The van der Waals surface area contributed by atoms with Crippen LogP contribution < -0.4 is 5.32 Å². The van der Waals surface area contributed by atoms with Gasteiger partial charge in [0, 0.05) is 37.4 Å². The average Bonchev–Trinajstić information content (AvgIpc) is 2.40. The fraction of sp³-hybridized carbons (Fsp3) is 1.00. The van der Waals surface area contributed by atoms with Crippen molar-refractivity contribution in [1.82, 2.24) is 10.2 Å². The Balaban J connectivity index is 1.89. The van der Waals surface area contributed by atoms with Gasteiger partial charge in [0.25, 0.3) is 0 Å². The molecule has 2 unspecified atom stereocenters. The molecule has 1 N–H and O–H groups in total. The van der Waals surface area contributed by atoms with Crippen LogP contribution in [-0.2, 0) is 9.47 Å². The molecule has 0 aliphatic carbocycles. The van der Waals surface area contributed by atoms with E-state index in [1.165, 1.54) is 0 Å². The zero-order valence-electron chi connectivity index (χ0n) is 13.0. The van der Waals surface area contributed by atoms with Gasteiger partial charge in [-0.3, -0.25) is 4.90 Å². The molecule has 0 bridgehead atoms. The lowest BCUT2D eigenvalue weighted by molar-refractivity contribution is -0.0670. The second kappa shape index (κ2) is 6.08. The zero-order valence-corrected chi connectivity index (χ0v) is 13.0. The number of hydrogen-bond donors (Lipinski definition) is 1. The maximum atomic E-state index is 5.97. The van der Waals surface area contributed by atoms with Crippen molar-refractivity contribution in [3.63, 3.8) is 0 Å². The molecule has 2 atom stereocenters. The molecule has 0 aromatic heterocycles. The van der Waals surface area contributed by atoms with Crippen LogP contribution >= 0.6 is 0 Å². The van der Waals surface area contributed by atoms with Crippen LogP contribution in [0.5, 0.6) is 0 Å². The Morgan fingerprint density at radius 2 is 1.84 bits per heavy atom. The third kappa shape index (κ3) is 3.69. The highest BCUT2D eigenvalue weighted by Gasteiger charge is 2.36. The molecule has 4 nitrogen and oxygen atoms in total. The van der Waals surface area contributed by atoms with Crippen molar-refractivity contribution in [2.45, 2.75) is 56.7 Å². The van der Waals surface area contributed by atoms with Crippen LogP contribution in [0.4, 0.5) is 0 Å². The van der Waals surface area contributed by atoms with Crippen molar-refractivity contribution < 1.29 is 9.47 Å². The first-order valence-corrected chi connectivity index (χ1v) is 7.57. The largest absolute Gasteiger partial charge is 0.381 e. The number of nitrogens with one attached hydrogen (secondary N) is 1. The SMILES string of the molecule is CNC1(C)CCOC(CN(C)C2(C)CCOCC2)C1. The molecule has 0 aromatic carbocycles. The molecule has 2 aliphatic heterocycles. The molecule has 2 fully saturated rings. The minimum absolute atomic E-state index is 0.236. The van der Waals surface area contributed by atoms with Crippen molar-refractivity contribution in [1.29, 1.82) is 0 Å². The molecule has 0 amide bonds. The summed E-state index contributed by atoms with van der Waals surface area (Å²) in [6, 6.07) is 0. The summed E-state index contributed by atoms with van der Waals surface area (Å²) in [6.07, 6.45) is 4.80. The van der Waals surface area contributed by atoms with Gasteiger partial charge in [-0.05, 0) is 53.6 Å². The van der Waals surface area contributed by atoms with E-state index in [0.717, 1.165) is 52.0 Å². The standard InChI is InChI=1S/C15H30N2O2/c1-14(16-3)5-10-19-13(11-14)12-17(4)15(2)6-8-18-9-7-15/h13,16H,5-12H2,1-4H3. The van der Waals surface area contributed by atoms with Crippen molar-refractivity contribution in [2.75, 3.05) is 40.5 Å². The summed E-state index contributed by atoms with van der Waals surface area (Å²) in [5, 5.41) is 3.45. The van der Waals surface area contributed by atoms with E-state index in [1.807, 2.05) is 0 Å². The van der Waals surface area contributed by atoms with Gasteiger partial charge in [-0.1, -0.05) is 0 Å². The Morgan fingerprint density at radius 1 is 1.16 bits per heavy atom. The van der Waals surface area contributed by atoms with Crippen LogP contribution in [0.1, 0.15) is 39.5 Å². The number of ether oxygens (including phenoxy) is 2. The molecule has 0 aromatic rings. The highest BCUT2D eigenvalue weighted by molar-refractivity contribution is 4.92. The van der Waals surface area contributed by atoms with Gasteiger partial charge in [-0.25, -0.2) is 0 Å². The molecule has 0 radical (unpaired) electrons. The normalized spacial score (nSPS) is 35.5. The number of nitrogens with zero attached hydrogens (tertiary/aromatic N) is 1. The van der Waals surface area contributed by atoms with Crippen LogP contribution in [-0.4, -0.2) is 62.5 Å². The van der Waals surface area contributed by atoms with Gasteiger partial charge in [-0.15, -0.1) is 0 Å². The lowest BCUT2D eigenvalue weighted by Gasteiger charge is -2.45. The first-order valence-electron chi connectivity index (χ1n) is 7.57. The molecule has 2 aliphatic rings. The Morgan fingerprint density at radius 3 is 2.47 bits per heavy atom. The monoisotopic (exact) mass is 270 g/mol. The predicted molar refractivity (Wildman–Crippen MR) is 77.5 cm³/mol. The summed E-state index contributed by atoms with van der Waals surface area (Å²) >= 11 is 0. The lowest BCUT2D eigenvalue weighted by Crippen LogP contribution is -2.54. The second-order valence-corrected chi connectivity index (χ2v) is 6.75. The van der Waals surface area contributed by atoms with Crippen molar-refractivity contribution in [3.05, 3.63) is 0 Å². The lowest BCUT2D eigenvalue weighted by atomic mass is 9.86. The summed E-state index contributed by atoms with van der Waals surface area (Å²) in [4.78, 5) is 2.49. The van der Waals surface area contributed by atoms with E-state index in [4.69, 9.17) is 9.47 Å². The van der Waals surface area contributed by atoms with Crippen LogP contribution in [0, 0.1) is 0 Å². The van der Waals surface area contributed by atoms with Crippen LogP contribution in [0.15, 0.2) is 0 Å². The molecule has 2 saturated heterocycles. The van der Waals surface area contributed by atoms with Gasteiger partial charge in [-0.2, -0.15) is 0 Å². The van der Waals surface area contributed by atoms with Crippen molar-refractivity contribution in [3.8, 4) is 0 Å². The highest BCUT2D eigenvalue weighted by atomic mass is 16.5. The van der Waals surface area contributed by atoms with Crippen molar-refractivity contribution >= 4 is 0 Å². The fourth-order valence-electron chi connectivity index (χ4n) is 3.18. The quantitative estimate of drug-likeness (QED) is 0.842. The van der Waals surface area contributed by atoms with E-state index >= 15 is 0 Å². The van der Waals surface area contributed by atoms with Crippen molar-refractivity contribution in [2.24, 2.45) is 0 Å². The van der Waals surface area contributed by atoms with Gasteiger partial charge < -0.3 is 14.8 Å². The topological polar surface area (TPSA) is 33.7 Å². The average molecular weight is 270 g/mol. The van der Waals surface area contributed by atoms with E-state index in [1.54, 1.807) is 0 Å². The summed E-state index contributed by atoms with van der Waals surface area (Å²) in [7, 11) is 4.30. The molecule has 0 spiro atoms. The van der Waals surface area contributed by atoms with Gasteiger partial charge in [0.15, 0.2) is 0 Å².